The number of pyridine rings is 1. The van der Waals surface area contributed by atoms with Crippen LogP contribution in [0.5, 0.6) is 5.88 Å². The smallest absolute Gasteiger partial charge is 0.309 e. The molecule has 3 aromatic rings. The number of benzene rings is 2. The zero-order valence-electron chi connectivity index (χ0n) is 17.3. The van der Waals surface area contributed by atoms with Crippen LogP contribution < -0.4 is 4.74 Å². The minimum absolute atomic E-state index is 0.173. The van der Waals surface area contributed by atoms with Gasteiger partial charge in [-0.15, -0.1) is 0 Å². The number of nitrogens with zero attached hydrogens (tertiary/aromatic N) is 2. The first-order valence-corrected chi connectivity index (χ1v) is 10.0. The summed E-state index contributed by atoms with van der Waals surface area (Å²) in [5, 5.41) is 9.43. The molecule has 0 unspecified atom stereocenters. The molecule has 0 fully saturated rings. The summed E-state index contributed by atoms with van der Waals surface area (Å²) in [6.07, 6.45) is 0.779. The van der Waals surface area contributed by atoms with Crippen molar-refractivity contribution in [3.05, 3.63) is 82.4 Å². The number of hydrogen-bond donors (Lipinski definition) is 0. The zero-order chi connectivity index (χ0) is 21.6. The van der Waals surface area contributed by atoms with E-state index >= 15 is 0 Å². The highest BCUT2D eigenvalue weighted by Gasteiger charge is 2.13. The van der Waals surface area contributed by atoms with Crippen molar-refractivity contribution in [3.63, 3.8) is 0 Å². The van der Waals surface area contributed by atoms with Crippen LogP contribution >= 0.6 is 0 Å². The normalized spacial score (nSPS) is 13.2. The molecule has 2 heterocycles. The molecule has 0 atom stereocenters. The minimum atomic E-state index is -0.302. The van der Waals surface area contributed by atoms with Gasteiger partial charge in [-0.3, -0.25) is 4.79 Å². The Morgan fingerprint density at radius 3 is 2.87 bits per heavy atom. The Morgan fingerprint density at radius 2 is 2.03 bits per heavy atom. The SMILES string of the molecule is COC(=O)Cc1ccc2cc1COCCc1cc(ccc1C#N)COc1cccc-2n1. The largest absolute Gasteiger partial charge is 0.473 e. The van der Waals surface area contributed by atoms with Crippen molar-refractivity contribution in [1.29, 1.82) is 5.26 Å². The number of carbonyl (C=O) groups is 1. The van der Waals surface area contributed by atoms with Gasteiger partial charge in [-0.2, -0.15) is 5.26 Å². The lowest BCUT2D eigenvalue weighted by Crippen LogP contribution is -2.09. The molecule has 0 saturated carbocycles. The highest BCUT2D eigenvalue weighted by atomic mass is 16.5. The molecule has 1 aliphatic rings. The number of aromatic nitrogens is 1. The predicted molar refractivity (Wildman–Crippen MR) is 114 cm³/mol. The summed E-state index contributed by atoms with van der Waals surface area (Å²) in [4.78, 5) is 16.5. The molecule has 2 aromatic carbocycles. The Kier molecular flexibility index (Phi) is 6.25. The van der Waals surface area contributed by atoms with Gasteiger partial charge >= 0.3 is 5.97 Å². The van der Waals surface area contributed by atoms with Crippen molar-refractivity contribution < 1.29 is 19.0 Å². The van der Waals surface area contributed by atoms with Gasteiger partial charge in [-0.1, -0.05) is 30.3 Å². The van der Waals surface area contributed by atoms with Gasteiger partial charge in [0.25, 0.3) is 0 Å². The van der Waals surface area contributed by atoms with Gasteiger partial charge < -0.3 is 14.2 Å². The molecule has 0 spiro atoms. The number of ether oxygens (including phenoxy) is 3. The van der Waals surface area contributed by atoms with E-state index in [0.29, 0.717) is 37.7 Å². The molecule has 0 aliphatic carbocycles. The molecule has 0 saturated heterocycles. The highest BCUT2D eigenvalue weighted by molar-refractivity contribution is 5.73. The standard InChI is InChI=1S/C25H22N2O4/c1-29-25(28)13-18-7-8-20-12-22(18)16-30-10-9-19-11-17(5-6-21(19)14-26)15-31-24-4-2-3-23(20)27-24/h2-8,11-12H,9-10,13,15-16H2,1H3. The van der Waals surface area contributed by atoms with Crippen molar-refractivity contribution in [2.45, 2.75) is 26.1 Å². The van der Waals surface area contributed by atoms with Gasteiger partial charge in [0.15, 0.2) is 0 Å². The maximum absolute atomic E-state index is 11.8. The molecule has 0 N–H and O–H groups in total. The summed E-state index contributed by atoms with van der Waals surface area (Å²) in [5.74, 6) is 0.221. The number of hydrogen-bond acceptors (Lipinski definition) is 6. The van der Waals surface area contributed by atoms with Gasteiger partial charge in [-0.25, -0.2) is 4.98 Å². The maximum atomic E-state index is 11.8. The second-order valence-electron chi connectivity index (χ2n) is 7.29. The molecule has 156 valence electrons. The fraction of sp³-hybridized carbons (Fsp3) is 0.240. The van der Waals surface area contributed by atoms with Gasteiger partial charge in [0.05, 0.1) is 44.1 Å². The first-order chi connectivity index (χ1) is 15.2. The topological polar surface area (TPSA) is 81.4 Å². The molecular weight excluding hydrogens is 392 g/mol. The van der Waals surface area contributed by atoms with E-state index < -0.39 is 0 Å². The molecule has 31 heavy (non-hydrogen) atoms. The Hall–Kier alpha value is -3.69. The molecule has 0 amide bonds. The number of rotatable bonds is 2. The van der Waals surface area contributed by atoms with E-state index in [1.54, 1.807) is 0 Å². The predicted octanol–water partition coefficient (Wildman–Crippen LogP) is 3.99. The molecule has 6 nitrogen and oxygen atoms in total. The number of methoxy groups -OCH3 is 1. The highest BCUT2D eigenvalue weighted by Crippen LogP contribution is 2.25. The van der Waals surface area contributed by atoms with Crippen molar-refractivity contribution in [2.75, 3.05) is 13.7 Å². The summed E-state index contributed by atoms with van der Waals surface area (Å²) in [7, 11) is 1.38. The van der Waals surface area contributed by atoms with Crippen LogP contribution in [0, 0.1) is 11.3 Å². The molecule has 1 aliphatic heterocycles. The summed E-state index contributed by atoms with van der Waals surface area (Å²) >= 11 is 0. The van der Waals surface area contributed by atoms with Crippen molar-refractivity contribution in [1.82, 2.24) is 4.98 Å². The van der Waals surface area contributed by atoms with Crippen molar-refractivity contribution in [3.8, 4) is 23.2 Å². The van der Waals surface area contributed by atoms with Crippen LogP contribution in [-0.4, -0.2) is 24.7 Å². The number of esters is 1. The summed E-state index contributed by atoms with van der Waals surface area (Å²) < 4.78 is 16.7. The molecule has 6 heteroatoms. The molecule has 0 radical (unpaired) electrons. The van der Waals surface area contributed by atoms with Crippen molar-refractivity contribution in [2.24, 2.45) is 0 Å². The lowest BCUT2D eigenvalue weighted by molar-refractivity contribution is -0.139. The number of nitriles is 1. The monoisotopic (exact) mass is 414 g/mol. The van der Waals surface area contributed by atoms with Crippen LogP contribution in [0.1, 0.15) is 27.8 Å². The lowest BCUT2D eigenvalue weighted by Gasteiger charge is -2.12. The minimum Gasteiger partial charge on any atom is -0.473 e. The third-order valence-corrected chi connectivity index (χ3v) is 5.24. The van der Waals surface area contributed by atoms with E-state index in [2.05, 4.69) is 11.1 Å². The van der Waals surface area contributed by atoms with Crippen molar-refractivity contribution >= 4 is 5.97 Å². The zero-order valence-corrected chi connectivity index (χ0v) is 17.3. The quantitative estimate of drug-likeness (QED) is 0.590. The van der Waals surface area contributed by atoms with Gasteiger partial charge in [0, 0.05) is 11.6 Å². The Labute approximate surface area is 181 Å². The third-order valence-electron chi connectivity index (χ3n) is 5.24. The van der Waals surface area contributed by atoms with Gasteiger partial charge in [0.1, 0.15) is 6.61 Å². The average Bonchev–Trinajstić information content (AvgIpc) is 2.81. The van der Waals surface area contributed by atoms with Crippen LogP contribution in [0.25, 0.3) is 11.3 Å². The summed E-state index contributed by atoms with van der Waals surface area (Å²) in [6.45, 7) is 1.16. The maximum Gasteiger partial charge on any atom is 0.309 e. The van der Waals surface area contributed by atoms with Gasteiger partial charge in [-0.05, 0) is 46.9 Å². The second-order valence-corrected chi connectivity index (χ2v) is 7.29. The van der Waals surface area contributed by atoms with Crippen LogP contribution in [0.3, 0.4) is 0 Å². The Bertz CT molecular complexity index is 1150. The average molecular weight is 414 g/mol. The number of carbonyl (C=O) groups excluding carboxylic acids is 1. The van der Waals surface area contributed by atoms with E-state index in [0.717, 1.165) is 33.5 Å². The second kappa shape index (κ2) is 9.41. The van der Waals surface area contributed by atoms with E-state index in [1.807, 2.05) is 54.6 Å². The van der Waals surface area contributed by atoms with Crippen LogP contribution in [0.4, 0.5) is 0 Å². The van der Waals surface area contributed by atoms with Crippen LogP contribution in [0.15, 0.2) is 54.6 Å². The fourth-order valence-electron chi connectivity index (χ4n) is 3.55. The van der Waals surface area contributed by atoms with Gasteiger partial charge in [0.2, 0.25) is 5.88 Å². The van der Waals surface area contributed by atoms with Crippen LogP contribution in [-0.2, 0) is 40.3 Å². The Morgan fingerprint density at radius 1 is 1.13 bits per heavy atom. The van der Waals surface area contributed by atoms with Crippen LogP contribution in [0.2, 0.25) is 0 Å². The summed E-state index contributed by atoms with van der Waals surface area (Å²) in [6, 6.07) is 19.4. The first-order valence-electron chi connectivity index (χ1n) is 10.0. The van der Waals surface area contributed by atoms with E-state index in [4.69, 9.17) is 14.2 Å². The first kappa shape index (κ1) is 20.6. The fourth-order valence-corrected chi connectivity index (χ4v) is 3.55. The molecular formula is C25H22N2O4. The lowest BCUT2D eigenvalue weighted by atomic mass is 10.00. The third kappa shape index (κ3) is 4.90. The van der Waals surface area contributed by atoms with E-state index in [9.17, 15) is 10.1 Å². The molecule has 4 rings (SSSR count). The molecule has 1 aromatic heterocycles. The van der Waals surface area contributed by atoms with E-state index in [1.165, 1.54) is 7.11 Å². The summed E-state index contributed by atoms with van der Waals surface area (Å²) in [5.41, 5.74) is 5.97. The molecule has 6 bridgehead atoms. The van der Waals surface area contributed by atoms with E-state index in [-0.39, 0.29) is 12.4 Å². The Balaban J connectivity index is 1.71. The number of fused-ring (bicyclic) bond motifs is 7.